The number of rotatable bonds is 0. The molecule has 0 bridgehead atoms. The Morgan fingerprint density at radius 2 is 1.58 bits per heavy atom. The van der Waals surface area contributed by atoms with Crippen molar-refractivity contribution in [3.05, 3.63) is 13.2 Å². The summed E-state index contributed by atoms with van der Waals surface area (Å²) in [5.41, 5.74) is 0.759. The molecular weight excluding hydrogens is 292 g/mol. The number of aliphatic hydroxyl groups is 1. The molecule has 1 nitrogen and oxygen atoms in total. The van der Waals surface area contributed by atoms with Gasteiger partial charge in [-0.3, -0.25) is 0 Å². The Hall–Kier alpha value is -0.300. The minimum Gasteiger partial charge on any atom is -0.394 e. The van der Waals surface area contributed by atoms with E-state index in [1.54, 1.807) is 71.6 Å². The molecule has 0 aliphatic heterocycles. The molecule has 4 aliphatic rings. The molecule has 1 N–H and O–H groups in total. The predicted molar refractivity (Wildman–Crippen MR) is 107 cm³/mol. The fourth-order valence-electron chi connectivity index (χ4n) is 6.91. The quantitative estimate of drug-likeness (QED) is 0.479. The normalized spacial score (nSPS) is 43.3. The first-order valence-corrected chi connectivity index (χ1v) is 10.7. The maximum absolute atomic E-state index is 8.06. The van der Waals surface area contributed by atoms with Crippen LogP contribution in [0.3, 0.4) is 0 Å². The summed E-state index contributed by atoms with van der Waals surface area (Å²) in [6, 6.07) is 0. The van der Waals surface area contributed by atoms with Gasteiger partial charge in [0.2, 0.25) is 0 Å². The lowest BCUT2D eigenvalue weighted by atomic mass is 9.47. The minimum atomic E-state index is -0.167. The Morgan fingerprint density at radius 3 is 2.29 bits per heavy atom. The molecule has 0 aromatic rings. The van der Waals surface area contributed by atoms with Gasteiger partial charge in [-0.25, -0.2) is 0 Å². The zero-order valence-corrected chi connectivity index (χ0v) is 16.6. The van der Waals surface area contributed by atoms with Crippen LogP contribution in [0.5, 0.6) is 0 Å². The van der Waals surface area contributed by atoms with E-state index in [4.69, 9.17) is 5.11 Å². The highest BCUT2D eigenvalue weighted by molar-refractivity contribution is 5.03. The van der Waals surface area contributed by atoms with Crippen molar-refractivity contribution < 1.29 is 6.53 Å². The molecule has 0 saturated heterocycles. The molecule has 4 aliphatic carbocycles. The zero-order chi connectivity index (χ0) is 17.7. The molecule has 0 amide bonds. The molecule has 142 valence electrons. The molecular formula is C23H44O. The molecule has 4 fully saturated rings. The number of fused-ring (bicyclic) bond motifs is 5. The average Bonchev–Trinajstić information content (AvgIpc) is 3.04. The van der Waals surface area contributed by atoms with Crippen molar-refractivity contribution in [2.75, 3.05) is 0 Å². The summed E-state index contributed by atoms with van der Waals surface area (Å²) in [6.07, 6.45) is 17.1. The minimum absolute atomic E-state index is 0. The second-order valence-electron chi connectivity index (χ2n) is 9.32. The lowest BCUT2D eigenvalue weighted by Crippen LogP contribution is -2.49. The van der Waals surface area contributed by atoms with Crippen molar-refractivity contribution in [2.45, 2.75) is 97.5 Å². The summed E-state index contributed by atoms with van der Waals surface area (Å²) in [4.78, 5) is 0. The van der Waals surface area contributed by atoms with Gasteiger partial charge in [0, 0.05) is 7.53 Å². The maximum atomic E-state index is 8.06. The largest absolute Gasteiger partial charge is 0.394 e. The molecule has 1 heteroatoms. The smallest absolute Gasteiger partial charge is 0.0483 e. The SMILES string of the molecule is C=C.CC(C)O.C[C@]12CCCC[C@@H]1CCC1[C@@H]3CCCC3CC[C@@H]12.[HH]. The van der Waals surface area contributed by atoms with Crippen LogP contribution in [0.2, 0.25) is 0 Å². The standard InChI is InChI=1S/C18H30.C3H8O.C2H4.H2/c1-18-12-3-2-6-14(18)9-10-16-15-7-4-5-13(15)8-11-17(16)18;1-3(2)4;1-2;/h13-17H,2-12H2,1H3;3-4H,1-2H3;1-2H2;1H/t13?,14-,15-,16?,17+,18+;;;/m1.../s1. The summed E-state index contributed by atoms with van der Waals surface area (Å²) in [5, 5.41) is 8.06. The van der Waals surface area contributed by atoms with Crippen LogP contribution < -0.4 is 0 Å². The van der Waals surface area contributed by atoms with Crippen LogP contribution in [-0.4, -0.2) is 11.2 Å². The number of hydrogen-bond acceptors (Lipinski definition) is 1. The van der Waals surface area contributed by atoms with E-state index in [-0.39, 0.29) is 7.53 Å². The van der Waals surface area contributed by atoms with Crippen molar-refractivity contribution in [3.63, 3.8) is 0 Å². The Balaban J connectivity index is 0.000000398. The van der Waals surface area contributed by atoms with E-state index < -0.39 is 0 Å². The third kappa shape index (κ3) is 4.09. The Kier molecular flexibility index (Phi) is 7.40. The van der Waals surface area contributed by atoms with Crippen LogP contribution in [-0.2, 0) is 0 Å². The summed E-state index contributed by atoms with van der Waals surface area (Å²) < 4.78 is 0. The van der Waals surface area contributed by atoms with E-state index in [0.717, 1.165) is 35.0 Å². The second-order valence-corrected chi connectivity index (χ2v) is 9.32. The lowest BCUT2D eigenvalue weighted by Gasteiger charge is -2.58. The molecule has 0 heterocycles. The first-order chi connectivity index (χ1) is 11.5. The predicted octanol–water partition coefficient (Wildman–Crippen LogP) is 6.85. The molecule has 24 heavy (non-hydrogen) atoms. The van der Waals surface area contributed by atoms with Crippen LogP contribution in [0.4, 0.5) is 0 Å². The van der Waals surface area contributed by atoms with Gasteiger partial charge in [-0.2, -0.15) is 0 Å². The van der Waals surface area contributed by atoms with Gasteiger partial charge in [0.25, 0.3) is 0 Å². The van der Waals surface area contributed by atoms with E-state index in [2.05, 4.69) is 20.1 Å². The molecule has 4 rings (SSSR count). The summed E-state index contributed by atoms with van der Waals surface area (Å²) in [7, 11) is 0. The highest BCUT2D eigenvalue weighted by atomic mass is 16.3. The van der Waals surface area contributed by atoms with Crippen LogP contribution >= 0.6 is 0 Å². The van der Waals surface area contributed by atoms with E-state index in [9.17, 15) is 0 Å². The second kappa shape index (κ2) is 8.88. The van der Waals surface area contributed by atoms with Gasteiger partial charge in [0.05, 0.1) is 0 Å². The van der Waals surface area contributed by atoms with E-state index in [1.807, 2.05) is 0 Å². The monoisotopic (exact) mass is 336 g/mol. The molecule has 0 spiro atoms. The first kappa shape index (κ1) is 20.0. The van der Waals surface area contributed by atoms with Crippen LogP contribution in [0.25, 0.3) is 0 Å². The Labute approximate surface area is 152 Å². The van der Waals surface area contributed by atoms with E-state index in [1.165, 1.54) is 12.8 Å². The van der Waals surface area contributed by atoms with Crippen molar-refractivity contribution in [3.8, 4) is 0 Å². The Bertz CT molecular complexity index is 380. The van der Waals surface area contributed by atoms with Gasteiger partial charge in [-0.15, -0.1) is 13.2 Å². The van der Waals surface area contributed by atoms with E-state index in [0.29, 0.717) is 0 Å². The van der Waals surface area contributed by atoms with Crippen molar-refractivity contribution in [1.29, 1.82) is 0 Å². The highest BCUT2D eigenvalue weighted by Gasteiger charge is 2.53. The molecule has 0 radical (unpaired) electrons. The van der Waals surface area contributed by atoms with Gasteiger partial charge in [0.1, 0.15) is 0 Å². The summed E-state index contributed by atoms with van der Waals surface area (Å²) in [6.45, 7) is 12.1. The highest BCUT2D eigenvalue weighted by Crippen LogP contribution is 2.62. The molecule has 0 aromatic carbocycles. The molecule has 4 saturated carbocycles. The van der Waals surface area contributed by atoms with Crippen molar-refractivity contribution in [2.24, 2.45) is 35.0 Å². The van der Waals surface area contributed by atoms with Gasteiger partial charge < -0.3 is 5.11 Å². The summed E-state index contributed by atoms with van der Waals surface area (Å²) in [5.74, 6) is 5.67. The van der Waals surface area contributed by atoms with Crippen LogP contribution in [0, 0.1) is 35.0 Å². The summed E-state index contributed by atoms with van der Waals surface area (Å²) >= 11 is 0. The number of aliphatic hydroxyl groups excluding tert-OH is 1. The third-order valence-corrected chi connectivity index (χ3v) is 7.78. The molecule has 6 atom stereocenters. The van der Waals surface area contributed by atoms with Crippen LogP contribution in [0.15, 0.2) is 13.2 Å². The van der Waals surface area contributed by atoms with Crippen molar-refractivity contribution >= 4 is 0 Å². The fraction of sp³-hybridized carbons (Fsp3) is 0.913. The fourth-order valence-corrected chi connectivity index (χ4v) is 6.91. The van der Waals surface area contributed by atoms with Crippen molar-refractivity contribution in [1.82, 2.24) is 0 Å². The van der Waals surface area contributed by atoms with Gasteiger partial charge in [-0.1, -0.05) is 32.6 Å². The molecule has 2 unspecified atom stereocenters. The number of hydrogen-bond donors (Lipinski definition) is 1. The van der Waals surface area contributed by atoms with Gasteiger partial charge in [0.15, 0.2) is 0 Å². The van der Waals surface area contributed by atoms with Gasteiger partial charge >= 0.3 is 0 Å². The van der Waals surface area contributed by atoms with Crippen LogP contribution in [0.1, 0.15) is 92.8 Å². The molecule has 0 aromatic heterocycles. The average molecular weight is 337 g/mol. The zero-order valence-electron chi connectivity index (χ0n) is 16.6. The third-order valence-electron chi connectivity index (χ3n) is 7.78. The Morgan fingerprint density at radius 1 is 0.875 bits per heavy atom. The van der Waals surface area contributed by atoms with Gasteiger partial charge in [-0.05, 0) is 93.8 Å². The first-order valence-electron chi connectivity index (χ1n) is 10.7. The lowest BCUT2D eigenvalue weighted by molar-refractivity contribution is -0.0834. The van der Waals surface area contributed by atoms with E-state index >= 15 is 0 Å². The maximum Gasteiger partial charge on any atom is 0.0483 e. The topological polar surface area (TPSA) is 20.2 Å².